The molecule has 0 aromatic carbocycles. The third kappa shape index (κ3) is 2.46. The molecular formula is C10H22N2S3. The topological polar surface area (TPSA) is 6.48 Å². The monoisotopic (exact) mass is 266 g/mol. The number of nitrogens with zero attached hydrogens (tertiary/aromatic N) is 2. The molecule has 0 saturated carbocycles. The van der Waals surface area contributed by atoms with Crippen LogP contribution in [0.5, 0.6) is 0 Å². The summed E-state index contributed by atoms with van der Waals surface area (Å²) in [6.45, 7) is 3.71. The van der Waals surface area contributed by atoms with Gasteiger partial charge < -0.3 is 4.90 Å². The Morgan fingerprint density at radius 1 is 1.33 bits per heavy atom. The summed E-state index contributed by atoms with van der Waals surface area (Å²) in [5.74, 6) is 1.28. The smallest absolute Gasteiger partial charge is 0.0885 e. The Balaban J connectivity index is 2.18. The summed E-state index contributed by atoms with van der Waals surface area (Å²) in [6.07, 6.45) is 7.29. The molecule has 2 aliphatic heterocycles. The van der Waals surface area contributed by atoms with Crippen LogP contribution in [0.3, 0.4) is 0 Å². The van der Waals surface area contributed by atoms with Crippen LogP contribution in [0.2, 0.25) is 0 Å². The highest BCUT2D eigenvalue weighted by Crippen LogP contribution is 2.59. The van der Waals surface area contributed by atoms with E-state index in [4.69, 9.17) is 11.7 Å². The van der Waals surface area contributed by atoms with E-state index in [1.807, 2.05) is 0 Å². The van der Waals surface area contributed by atoms with Gasteiger partial charge in [0.15, 0.2) is 0 Å². The molecule has 0 aliphatic carbocycles. The Hall–Kier alpha value is 0.970. The molecule has 0 aromatic rings. The summed E-state index contributed by atoms with van der Waals surface area (Å²) < 4.78 is 2.68. The van der Waals surface area contributed by atoms with Crippen molar-refractivity contribution < 1.29 is 0 Å². The molecule has 1 atom stereocenters. The van der Waals surface area contributed by atoms with Crippen LogP contribution >= 0.6 is 32.7 Å². The highest BCUT2D eigenvalue weighted by molar-refractivity contribution is 8.86. The van der Waals surface area contributed by atoms with Crippen molar-refractivity contribution >= 4 is 32.7 Å². The van der Waals surface area contributed by atoms with Crippen molar-refractivity contribution in [2.45, 2.75) is 17.7 Å². The maximum atomic E-state index is 4.84. The van der Waals surface area contributed by atoms with E-state index in [1.165, 1.54) is 38.2 Å². The lowest BCUT2D eigenvalue weighted by Crippen LogP contribution is -2.52. The lowest BCUT2D eigenvalue weighted by molar-refractivity contribution is 0.167. The van der Waals surface area contributed by atoms with Gasteiger partial charge in [0.2, 0.25) is 0 Å². The van der Waals surface area contributed by atoms with Crippen molar-refractivity contribution in [1.29, 1.82) is 0 Å². The van der Waals surface area contributed by atoms with Crippen LogP contribution in [-0.2, 0) is 0 Å². The van der Waals surface area contributed by atoms with Gasteiger partial charge in [-0.25, -0.2) is 4.31 Å². The fraction of sp³-hybridized carbons (Fsp3) is 1.00. The highest BCUT2D eigenvalue weighted by Gasteiger charge is 2.47. The molecule has 0 aromatic heterocycles. The van der Waals surface area contributed by atoms with E-state index in [-0.39, 0.29) is 0 Å². The number of piperidine rings is 1. The Morgan fingerprint density at radius 3 is 2.67 bits per heavy atom. The fourth-order valence-corrected chi connectivity index (χ4v) is 7.45. The van der Waals surface area contributed by atoms with Gasteiger partial charge >= 0.3 is 0 Å². The van der Waals surface area contributed by atoms with Gasteiger partial charge in [0.25, 0.3) is 0 Å². The summed E-state index contributed by atoms with van der Waals surface area (Å²) >= 11 is 7.00. The first-order chi connectivity index (χ1) is 6.94. The van der Waals surface area contributed by atoms with Crippen LogP contribution in [0.25, 0.3) is 0 Å². The van der Waals surface area contributed by atoms with Crippen molar-refractivity contribution in [2.75, 3.05) is 44.9 Å². The van der Waals surface area contributed by atoms with Crippen LogP contribution in [0.15, 0.2) is 0 Å². The molecule has 1 spiro atoms. The molecule has 2 saturated heterocycles. The third-order valence-corrected chi connectivity index (χ3v) is 7.08. The molecule has 2 nitrogen and oxygen atoms in total. The Morgan fingerprint density at radius 2 is 2.07 bits per heavy atom. The van der Waals surface area contributed by atoms with E-state index in [9.17, 15) is 0 Å². The van der Waals surface area contributed by atoms with Crippen molar-refractivity contribution in [3.05, 3.63) is 0 Å². The molecule has 0 bridgehead atoms. The largest absolute Gasteiger partial charge is 0.304 e. The van der Waals surface area contributed by atoms with Crippen LogP contribution in [0, 0.1) is 0 Å². The summed E-state index contributed by atoms with van der Waals surface area (Å²) in [7, 11) is 1.40. The molecule has 0 N–H and O–H groups in total. The first-order valence-electron chi connectivity index (χ1n) is 5.50. The Bertz CT molecular complexity index is 241. The number of hydrogen-bond acceptors (Lipinski definition) is 4. The molecule has 0 amide bonds. The van der Waals surface area contributed by atoms with Gasteiger partial charge in [0, 0.05) is 18.8 Å². The quantitative estimate of drug-likeness (QED) is 0.575. The van der Waals surface area contributed by atoms with Crippen molar-refractivity contribution in [1.82, 2.24) is 9.21 Å². The molecule has 1 unspecified atom stereocenters. The minimum absolute atomic E-state index is 0.383. The number of thioether (sulfide) groups is 1. The average molecular weight is 267 g/mol. The minimum atomic E-state index is -0.854. The summed E-state index contributed by atoms with van der Waals surface area (Å²) in [6, 6.07) is 0. The molecule has 5 heteroatoms. The third-order valence-electron chi connectivity index (χ3n) is 3.28. The van der Waals surface area contributed by atoms with Gasteiger partial charge in [-0.05, 0) is 38.9 Å². The average Bonchev–Trinajstić information content (AvgIpc) is 2.47. The normalized spacial score (nSPS) is 36.3. The molecule has 2 aliphatic rings. The molecular weight excluding hydrogens is 244 g/mol. The van der Waals surface area contributed by atoms with E-state index in [0.29, 0.717) is 4.87 Å². The zero-order valence-electron chi connectivity index (χ0n) is 9.90. The highest BCUT2D eigenvalue weighted by atomic mass is 33.1. The van der Waals surface area contributed by atoms with Gasteiger partial charge in [-0.3, -0.25) is 0 Å². The maximum absolute atomic E-state index is 4.84. The molecule has 2 fully saturated rings. The second kappa shape index (κ2) is 4.33. The molecule has 2 heterocycles. The van der Waals surface area contributed by atoms with E-state index in [1.54, 1.807) is 0 Å². The first-order valence-corrected chi connectivity index (χ1v) is 9.95. The fourth-order valence-electron chi connectivity index (χ4n) is 2.75. The Labute approximate surface area is 104 Å². The van der Waals surface area contributed by atoms with Crippen LogP contribution in [0.1, 0.15) is 12.8 Å². The van der Waals surface area contributed by atoms with E-state index >= 15 is 0 Å². The number of likely N-dealkylation sites (N-methyl/N-ethyl adjacent to an activating group) is 1. The number of likely N-dealkylation sites (tertiary alicyclic amines) is 1. The van der Waals surface area contributed by atoms with Gasteiger partial charge in [-0.15, -0.1) is 32.7 Å². The molecule has 90 valence electrons. The maximum Gasteiger partial charge on any atom is 0.0885 e. The molecule has 0 radical (unpaired) electrons. The lowest BCUT2D eigenvalue weighted by Gasteiger charge is -2.50. The van der Waals surface area contributed by atoms with Crippen LogP contribution < -0.4 is 0 Å². The zero-order valence-corrected chi connectivity index (χ0v) is 12.4. The van der Waals surface area contributed by atoms with Crippen molar-refractivity contribution in [2.24, 2.45) is 0 Å². The zero-order chi connectivity index (χ0) is 11.1. The van der Waals surface area contributed by atoms with Gasteiger partial charge in [-0.2, -0.15) is 0 Å². The minimum Gasteiger partial charge on any atom is -0.304 e. The first kappa shape index (κ1) is 12.4. The predicted octanol–water partition coefficient (Wildman–Crippen LogP) is 2.28. The van der Waals surface area contributed by atoms with Crippen molar-refractivity contribution in [3.63, 3.8) is 0 Å². The SMILES string of the molecule is CN1CCCC2(C1)SCCN2S(C)(C)S. The second-order valence-corrected chi connectivity index (χ2v) is 12.0. The van der Waals surface area contributed by atoms with Gasteiger partial charge in [-0.1, -0.05) is 0 Å². The van der Waals surface area contributed by atoms with Gasteiger partial charge in [0.1, 0.15) is 0 Å². The summed E-state index contributed by atoms with van der Waals surface area (Å²) in [5.41, 5.74) is 0. The summed E-state index contributed by atoms with van der Waals surface area (Å²) in [4.78, 5) is 2.86. The van der Waals surface area contributed by atoms with Crippen molar-refractivity contribution in [3.8, 4) is 0 Å². The molecule has 2 rings (SSSR count). The molecule has 15 heavy (non-hydrogen) atoms. The number of rotatable bonds is 1. The van der Waals surface area contributed by atoms with Gasteiger partial charge in [0.05, 0.1) is 4.87 Å². The number of hydrogen-bond donors (Lipinski definition) is 1. The van der Waals surface area contributed by atoms with E-state index < -0.39 is 9.25 Å². The predicted molar refractivity (Wildman–Crippen MR) is 77.1 cm³/mol. The van der Waals surface area contributed by atoms with E-state index in [0.717, 1.165) is 0 Å². The number of thiol groups is 1. The van der Waals surface area contributed by atoms with E-state index in [2.05, 4.69) is 40.5 Å². The summed E-state index contributed by atoms with van der Waals surface area (Å²) in [5, 5.41) is 0. The Kier molecular flexibility index (Phi) is 3.59. The lowest BCUT2D eigenvalue weighted by atomic mass is 10.1. The second-order valence-electron chi connectivity index (χ2n) is 4.96. The van der Waals surface area contributed by atoms with Crippen LogP contribution in [-0.4, -0.2) is 59.0 Å². The van der Waals surface area contributed by atoms with Crippen LogP contribution in [0.4, 0.5) is 0 Å². The standard InChI is InChI=1S/C10H22N2S3/c1-11-6-4-5-10(9-11)12(7-8-14-10)15(2,3)13/h13H,4-9H2,1-3H3.